The van der Waals surface area contributed by atoms with Crippen LogP contribution in [-0.2, 0) is 19.1 Å². The molecule has 1 aromatic rings. The van der Waals surface area contributed by atoms with Crippen LogP contribution in [0.5, 0.6) is 11.5 Å². The molecule has 1 unspecified atom stereocenters. The fraction of sp³-hybridized carbons (Fsp3) is 0.375. The first-order valence-electron chi connectivity index (χ1n) is 6.87. The van der Waals surface area contributed by atoms with Crippen molar-refractivity contribution in [1.82, 2.24) is 0 Å². The van der Waals surface area contributed by atoms with E-state index in [0.29, 0.717) is 31.1 Å². The summed E-state index contributed by atoms with van der Waals surface area (Å²) in [5.74, 6) is -0.248. The van der Waals surface area contributed by atoms with E-state index in [9.17, 15) is 9.59 Å². The number of hydrogen-bond donors (Lipinski definition) is 0. The van der Waals surface area contributed by atoms with Crippen LogP contribution in [0.25, 0.3) is 6.08 Å². The average molecular weight is 306 g/mol. The second-order valence-corrected chi connectivity index (χ2v) is 4.75. The van der Waals surface area contributed by atoms with E-state index in [1.54, 1.807) is 24.3 Å². The molecule has 0 aromatic heterocycles. The summed E-state index contributed by atoms with van der Waals surface area (Å²) in [6, 6.07) is 5.02. The molecule has 6 nitrogen and oxygen atoms in total. The van der Waals surface area contributed by atoms with Crippen LogP contribution in [0, 0.1) is 5.92 Å². The van der Waals surface area contributed by atoms with Crippen LogP contribution in [0.1, 0.15) is 12.0 Å². The molecule has 6 heteroatoms. The average Bonchev–Trinajstić information content (AvgIpc) is 3.08. The van der Waals surface area contributed by atoms with Gasteiger partial charge in [-0.2, -0.15) is 0 Å². The molecule has 1 aromatic carbocycles. The van der Waals surface area contributed by atoms with Gasteiger partial charge in [-0.3, -0.25) is 4.79 Å². The van der Waals surface area contributed by atoms with Crippen molar-refractivity contribution in [2.75, 3.05) is 27.4 Å². The van der Waals surface area contributed by atoms with E-state index in [2.05, 4.69) is 4.74 Å². The maximum absolute atomic E-state index is 12.0. The van der Waals surface area contributed by atoms with E-state index in [-0.39, 0.29) is 11.9 Å². The van der Waals surface area contributed by atoms with Crippen molar-refractivity contribution in [3.05, 3.63) is 29.8 Å². The predicted octanol–water partition coefficient (Wildman–Crippen LogP) is 1.82. The van der Waals surface area contributed by atoms with Gasteiger partial charge in [0.2, 0.25) is 0 Å². The summed E-state index contributed by atoms with van der Waals surface area (Å²) in [6.07, 6.45) is 3.56. The fourth-order valence-corrected chi connectivity index (χ4v) is 2.02. The Kier molecular flexibility index (Phi) is 5.55. The highest BCUT2D eigenvalue weighted by atomic mass is 16.6. The lowest BCUT2D eigenvalue weighted by molar-refractivity contribution is -0.139. The van der Waals surface area contributed by atoms with Crippen LogP contribution in [0.4, 0.5) is 0 Å². The topological polar surface area (TPSA) is 71.1 Å². The molecule has 0 spiro atoms. The molecule has 0 saturated carbocycles. The highest BCUT2D eigenvalue weighted by Crippen LogP contribution is 2.30. The Hall–Kier alpha value is -2.34. The van der Waals surface area contributed by atoms with Crippen LogP contribution in [0.2, 0.25) is 0 Å². The lowest BCUT2D eigenvalue weighted by Gasteiger charge is -2.12. The largest absolute Gasteiger partial charge is 0.493 e. The quantitative estimate of drug-likeness (QED) is 0.469. The lowest BCUT2D eigenvalue weighted by atomic mass is 10.1. The third-order valence-electron chi connectivity index (χ3n) is 3.27. The van der Waals surface area contributed by atoms with Crippen LogP contribution >= 0.6 is 0 Å². The molecule has 118 valence electrons. The van der Waals surface area contributed by atoms with Crippen LogP contribution in [-0.4, -0.2) is 39.4 Å². The predicted molar refractivity (Wildman–Crippen MR) is 78.6 cm³/mol. The number of rotatable bonds is 5. The molecule has 1 atom stereocenters. The van der Waals surface area contributed by atoms with Crippen molar-refractivity contribution in [1.29, 1.82) is 0 Å². The number of carbonyl (C=O) groups is 2. The second kappa shape index (κ2) is 7.61. The van der Waals surface area contributed by atoms with Crippen molar-refractivity contribution in [3.8, 4) is 11.5 Å². The minimum atomic E-state index is -0.448. The number of methoxy groups -OCH3 is 2. The number of hydrogen-bond acceptors (Lipinski definition) is 6. The van der Waals surface area contributed by atoms with Gasteiger partial charge in [0.15, 0.2) is 11.5 Å². The van der Waals surface area contributed by atoms with Crippen molar-refractivity contribution in [3.63, 3.8) is 0 Å². The summed E-state index contributed by atoms with van der Waals surface area (Å²) < 4.78 is 20.3. The molecular weight excluding hydrogens is 288 g/mol. The Morgan fingerprint density at radius 3 is 2.73 bits per heavy atom. The Bertz CT molecular complexity index is 572. The maximum atomic E-state index is 12.0. The van der Waals surface area contributed by atoms with Crippen LogP contribution in [0.15, 0.2) is 24.3 Å². The normalized spacial score (nSPS) is 17.5. The summed E-state index contributed by atoms with van der Waals surface area (Å²) in [5.41, 5.74) is 0.728. The highest BCUT2D eigenvalue weighted by Gasteiger charge is 2.26. The van der Waals surface area contributed by atoms with Gasteiger partial charge in [-0.1, -0.05) is 6.07 Å². The van der Waals surface area contributed by atoms with E-state index in [4.69, 9.17) is 14.2 Å². The van der Waals surface area contributed by atoms with Gasteiger partial charge in [-0.25, -0.2) is 4.79 Å². The van der Waals surface area contributed by atoms with Gasteiger partial charge in [0, 0.05) is 12.7 Å². The SMILES string of the molecule is COC(=O)/C=C/c1ccc(OC(=O)C2CCOC2)c(OC)c1. The van der Waals surface area contributed by atoms with Crippen molar-refractivity contribution in [2.24, 2.45) is 5.92 Å². The molecule has 0 bridgehead atoms. The standard InChI is InChI=1S/C16H18O6/c1-19-14-9-11(4-6-15(17)20-2)3-5-13(14)22-16(18)12-7-8-21-10-12/h3-6,9,12H,7-8,10H2,1-2H3/b6-4+. The van der Waals surface area contributed by atoms with Crippen molar-refractivity contribution >= 4 is 18.0 Å². The highest BCUT2D eigenvalue weighted by molar-refractivity contribution is 5.87. The monoisotopic (exact) mass is 306 g/mol. The molecule has 1 fully saturated rings. The third kappa shape index (κ3) is 4.08. The minimum absolute atomic E-state index is 0.233. The van der Waals surface area contributed by atoms with E-state index >= 15 is 0 Å². The summed E-state index contributed by atoms with van der Waals surface area (Å²) >= 11 is 0. The van der Waals surface area contributed by atoms with E-state index in [1.807, 2.05) is 0 Å². The second-order valence-electron chi connectivity index (χ2n) is 4.75. The van der Waals surface area contributed by atoms with Crippen LogP contribution in [0.3, 0.4) is 0 Å². The Labute approximate surface area is 128 Å². The first kappa shape index (κ1) is 16.0. The van der Waals surface area contributed by atoms with Gasteiger partial charge in [0.25, 0.3) is 0 Å². The molecule has 1 aliphatic rings. The number of carbonyl (C=O) groups excluding carboxylic acids is 2. The number of ether oxygens (including phenoxy) is 4. The smallest absolute Gasteiger partial charge is 0.330 e. The molecule has 1 aliphatic heterocycles. The van der Waals surface area contributed by atoms with E-state index in [0.717, 1.165) is 5.56 Å². The zero-order valence-corrected chi connectivity index (χ0v) is 12.5. The van der Waals surface area contributed by atoms with Gasteiger partial charge >= 0.3 is 11.9 Å². The Morgan fingerprint density at radius 1 is 1.27 bits per heavy atom. The molecule has 1 saturated heterocycles. The minimum Gasteiger partial charge on any atom is -0.493 e. The first-order valence-corrected chi connectivity index (χ1v) is 6.87. The van der Waals surface area contributed by atoms with Gasteiger partial charge in [0.1, 0.15) is 0 Å². The zero-order chi connectivity index (χ0) is 15.9. The molecule has 2 rings (SSSR count). The Morgan fingerprint density at radius 2 is 2.09 bits per heavy atom. The third-order valence-corrected chi connectivity index (χ3v) is 3.27. The summed E-state index contributed by atoms with van der Waals surface area (Å²) in [7, 11) is 2.79. The molecule has 0 amide bonds. The Balaban J connectivity index is 2.10. The fourth-order valence-electron chi connectivity index (χ4n) is 2.02. The molecule has 0 N–H and O–H groups in total. The summed E-state index contributed by atoms with van der Waals surface area (Å²) in [6.45, 7) is 0.968. The number of esters is 2. The lowest BCUT2D eigenvalue weighted by Crippen LogP contribution is -2.20. The maximum Gasteiger partial charge on any atom is 0.330 e. The van der Waals surface area contributed by atoms with Gasteiger partial charge in [-0.15, -0.1) is 0 Å². The van der Waals surface area contributed by atoms with Crippen molar-refractivity contribution in [2.45, 2.75) is 6.42 Å². The van der Waals surface area contributed by atoms with Gasteiger partial charge in [-0.05, 0) is 30.2 Å². The molecule has 1 heterocycles. The van der Waals surface area contributed by atoms with Crippen molar-refractivity contribution < 1.29 is 28.5 Å². The summed E-state index contributed by atoms with van der Waals surface area (Å²) in [5, 5.41) is 0. The van der Waals surface area contributed by atoms with Gasteiger partial charge < -0.3 is 18.9 Å². The summed E-state index contributed by atoms with van der Waals surface area (Å²) in [4.78, 5) is 23.1. The van der Waals surface area contributed by atoms with Gasteiger partial charge in [0.05, 0.1) is 26.7 Å². The van der Waals surface area contributed by atoms with Crippen LogP contribution < -0.4 is 9.47 Å². The zero-order valence-electron chi connectivity index (χ0n) is 12.5. The molecule has 22 heavy (non-hydrogen) atoms. The van der Waals surface area contributed by atoms with E-state index in [1.165, 1.54) is 20.3 Å². The molecule has 0 aliphatic carbocycles. The first-order chi connectivity index (χ1) is 10.6. The van der Waals surface area contributed by atoms with E-state index < -0.39 is 5.97 Å². The molecule has 0 radical (unpaired) electrons. The molecular formula is C16H18O6. The number of benzene rings is 1.